The highest BCUT2D eigenvalue weighted by molar-refractivity contribution is 5.94. The number of amides is 3. The van der Waals surface area contributed by atoms with Crippen molar-refractivity contribution in [1.82, 2.24) is 15.5 Å². The number of nitrogens with one attached hydrogen (secondary N) is 2. The summed E-state index contributed by atoms with van der Waals surface area (Å²) in [4.78, 5) is 37.7. The second kappa shape index (κ2) is 6.81. The van der Waals surface area contributed by atoms with Gasteiger partial charge in [0.15, 0.2) is 0 Å². The van der Waals surface area contributed by atoms with Gasteiger partial charge in [-0.25, -0.2) is 0 Å². The molecule has 0 bridgehead atoms. The smallest absolute Gasteiger partial charge is 0.245 e. The SMILES string of the molecule is O=C1CC[C@H](C(=O)NC2CCCN(Cc3ccccc3)C2=O)N1. The van der Waals surface area contributed by atoms with Gasteiger partial charge in [0.05, 0.1) is 0 Å². The molecule has 2 fully saturated rings. The molecule has 0 aliphatic carbocycles. The summed E-state index contributed by atoms with van der Waals surface area (Å²) in [6.45, 7) is 1.27. The molecule has 23 heavy (non-hydrogen) atoms. The summed E-state index contributed by atoms with van der Waals surface area (Å²) in [7, 11) is 0. The zero-order valence-corrected chi connectivity index (χ0v) is 13.0. The first-order valence-electron chi connectivity index (χ1n) is 8.06. The van der Waals surface area contributed by atoms with Gasteiger partial charge in [0, 0.05) is 19.5 Å². The molecule has 2 aliphatic rings. The number of hydrogen-bond acceptors (Lipinski definition) is 3. The van der Waals surface area contributed by atoms with Crippen molar-refractivity contribution in [2.45, 2.75) is 44.3 Å². The summed E-state index contributed by atoms with van der Waals surface area (Å²) in [5.74, 6) is -0.403. The Balaban J connectivity index is 1.58. The van der Waals surface area contributed by atoms with Crippen LogP contribution in [0, 0.1) is 0 Å². The molecule has 0 aromatic heterocycles. The van der Waals surface area contributed by atoms with Crippen molar-refractivity contribution in [3.8, 4) is 0 Å². The molecule has 122 valence electrons. The van der Waals surface area contributed by atoms with Crippen LogP contribution in [0.2, 0.25) is 0 Å². The van der Waals surface area contributed by atoms with Crippen molar-refractivity contribution in [2.75, 3.05) is 6.54 Å². The zero-order valence-electron chi connectivity index (χ0n) is 13.0. The quantitative estimate of drug-likeness (QED) is 0.853. The highest BCUT2D eigenvalue weighted by Crippen LogP contribution is 2.16. The molecule has 6 nitrogen and oxygen atoms in total. The Labute approximate surface area is 135 Å². The van der Waals surface area contributed by atoms with E-state index in [4.69, 9.17) is 0 Å². The van der Waals surface area contributed by atoms with Gasteiger partial charge in [0.25, 0.3) is 0 Å². The number of carbonyl (C=O) groups excluding carboxylic acids is 3. The molecular formula is C17H21N3O3. The number of carbonyl (C=O) groups is 3. The van der Waals surface area contributed by atoms with E-state index >= 15 is 0 Å². The molecule has 1 aromatic carbocycles. The van der Waals surface area contributed by atoms with Crippen LogP contribution in [0.1, 0.15) is 31.2 Å². The molecule has 2 N–H and O–H groups in total. The number of benzene rings is 1. The van der Waals surface area contributed by atoms with Gasteiger partial charge in [-0.3, -0.25) is 14.4 Å². The molecule has 3 rings (SSSR count). The summed E-state index contributed by atoms with van der Waals surface area (Å²) in [5.41, 5.74) is 1.08. The topological polar surface area (TPSA) is 78.5 Å². The van der Waals surface area contributed by atoms with E-state index in [0.717, 1.165) is 12.0 Å². The van der Waals surface area contributed by atoms with E-state index in [-0.39, 0.29) is 17.7 Å². The maximum absolute atomic E-state index is 12.6. The standard InChI is InChI=1S/C17H21N3O3/c21-15-9-8-13(18-15)16(22)19-14-7-4-10-20(17(14)23)11-12-5-2-1-3-6-12/h1-3,5-6,13-14H,4,7-11H2,(H,18,21)(H,19,22)/t13-,14?/m1/s1. The van der Waals surface area contributed by atoms with Crippen molar-refractivity contribution in [3.05, 3.63) is 35.9 Å². The second-order valence-electron chi connectivity index (χ2n) is 6.11. The maximum atomic E-state index is 12.6. The van der Waals surface area contributed by atoms with E-state index in [0.29, 0.717) is 32.4 Å². The minimum absolute atomic E-state index is 0.0437. The molecular weight excluding hydrogens is 294 g/mol. The van der Waals surface area contributed by atoms with Crippen molar-refractivity contribution >= 4 is 17.7 Å². The van der Waals surface area contributed by atoms with E-state index in [2.05, 4.69) is 10.6 Å². The van der Waals surface area contributed by atoms with Crippen LogP contribution in [-0.4, -0.2) is 41.2 Å². The van der Waals surface area contributed by atoms with Gasteiger partial charge < -0.3 is 15.5 Å². The largest absolute Gasteiger partial charge is 0.344 e. The summed E-state index contributed by atoms with van der Waals surface area (Å²) in [6.07, 6.45) is 2.38. The van der Waals surface area contributed by atoms with Crippen LogP contribution in [0.25, 0.3) is 0 Å². The summed E-state index contributed by atoms with van der Waals surface area (Å²) in [5, 5.41) is 5.44. The minimum Gasteiger partial charge on any atom is -0.344 e. The highest BCUT2D eigenvalue weighted by Gasteiger charge is 2.33. The Morgan fingerprint density at radius 3 is 2.70 bits per heavy atom. The van der Waals surface area contributed by atoms with Gasteiger partial charge in [-0.1, -0.05) is 30.3 Å². The van der Waals surface area contributed by atoms with Crippen LogP contribution in [0.15, 0.2) is 30.3 Å². The minimum atomic E-state index is -0.500. The van der Waals surface area contributed by atoms with E-state index in [1.807, 2.05) is 30.3 Å². The summed E-state index contributed by atoms with van der Waals surface area (Å²) >= 11 is 0. The van der Waals surface area contributed by atoms with Crippen molar-refractivity contribution < 1.29 is 14.4 Å². The third-order valence-electron chi connectivity index (χ3n) is 4.38. The lowest BCUT2D eigenvalue weighted by atomic mass is 10.0. The first-order chi connectivity index (χ1) is 11.1. The first kappa shape index (κ1) is 15.5. The predicted molar refractivity (Wildman–Crippen MR) is 84.2 cm³/mol. The lowest BCUT2D eigenvalue weighted by molar-refractivity contribution is -0.139. The van der Waals surface area contributed by atoms with Crippen LogP contribution in [0.4, 0.5) is 0 Å². The number of nitrogens with zero attached hydrogens (tertiary/aromatic N) is 1. The molecule has 2 aliphatic heterocycles. The lowest BCUT2D eigenvalue weighted by Gasteiger charge is -2.33. The molecule has 3 amide bonds. The van der Waals surface area contributed by atoms with E-state index < -0.39 is 12.1 Å². The predicted octanol–water partition coefficient (Wildman–Crippen LogP) is 0.572. The molecule has 0 spiro atoms. The van der Waals surface area contributed by atoms with Crippen LogP contribution < -0.4 is 10.6 Å². The van der Waals surface area contributed by atoms with Gasteiger partial charge in [-0.2, -0.15) is 0 Å². The normalized spacial score (nSPS) is 24.4. The molecule has 0 saturated carbocycles. The average Bonchev–Trinajstić information content (AvgIpc) is 2.99. The van der Waals surface area contributed by atoms with Crippen molar-refractivity contribution in [3.63, 3.8) is 0 Å². The maximum Gasteiger partial charge on any atom is 0.245 e. The summed E-state index contributed by atoms with van der Waals surface area (Å²) in [6, 6.07) is 8.84. The molecule has 2 saturated heterocycles. The highest BCUT2D eigenvalue weighted by atomic mass is 16.2. The molecule has 6 heteroatoms. The molecule has 0 radical (unpaired) electrons. The van der Waals surface area contributed by atoms with Gasteiger partial charge >= 0.3 is 0 Å². The van der Waals surface area contributed by atoms with E-state index in [1.165, 1.54) is 0 Å². The third-order valence-corrected chi connectivity index (χ3v) is 4.38. The van der Waals surface area contributed by atoms with Gasteiger partial charge in [0.2, 0.25) is 17.7 Å². The average molecular weight is 315 g/mol. The third kappa shape index (κ3) is 3.70. The Hall–Kier alpha value is -2.37. The van der Waals surface area contributed by atoms with Crippen LogP contribution in [0.3, 0.4) is 0 Å². The Kier molecular flexibility index (Phi) is 4.60. The van der Waals surface area contributed by atoms with Crippen molar-refractivity contribution in [1.29, 1.82) is 0 Å². The second-order valence-corrected chi connectivity index (χ2v) is 6.11. The fourth-order valence-electron chi connectivity index (χ4n) is 3.12. The van der Waals surface area contributed by atoms with Crippen LogP contribution >= 0.6 is 0 Å². The summed E-state index contributed by atoms with van der Waals surface area (Å²) < 4.78 is 0. The number of rotatable bonds is 4. The number of piperidine rings is 1. The first-order valence-corrected chi connectivity index (χ1v) is 8.06. The molecule has 2 atom stereocenters. The van der Waals surface area contributed by atoms with Gasteiger partial charge in [0.1, 0.15) is 12.1 Å². The van der Waals surface area contributed by atoms with Crippen LogP contribution in [-0.2, 0) is 20.9 Å². The van der Waals surface area contributed by atoms with E-state index in [9.17, 15) is 14.4 Å². The zero-order chi connectivity index (χ0) is 16.2. The van der Waals surface area contributed by atoms with Crippen molar-refractivity contribution in [2.24, 2.45) is 0 Å². The van der Waals surface area contributed by atoms with Gasteiger partial charge in [-0.15, -0.1) is 0 Å². The fourth-order valence-corrected chi connectivity index (χ4v) is 3.12. The lowest BCUT2D eigenvalue weighted by Crippen LogP contribution is -2.55. The molecule has 2 heterocycles. The molecule has 1 aromatic rings. The Morgan fingerprint density at radius 1 is 1.22 bits per heavy atom. The fraction of sp³-hybridized carbons (Fsp3) is 0.471. The Bertz CT molecular complexity index is 602. The number of hydrogen-bond donors (Lipinski definition) is 2. The molecule has 1 unspecified atom stereocenters. The van der Waals surface area contributed by atoms with Gasteiger partial charge in [-0.05, 0) is 24.8 Å². The Morgan fingerprint density at radius 2 is 2.00 bits per heavy atom. The number of likely N-dealkylation sites (tertiary alicyclic amines) is 1. The van der Waals surface area contributed by atoms with Crippen LogP contribution in [0.5, 0.6) is 0 Å². The van der Waals surface area contributed by atoms with E-state index in [1.54, 1.807) is 4.90 Å². The monoisotopic (exact) mass is 315 g/mol.